The minimum Gasteiger partial charge on any atom is -0.311 e. The lowest BCUT2D eigenvalue weighted by atomic mass is 10.1. The Balaban J connectivity index is 1.74. The number of nitrogens with one attached hydrogen (secondary N) is 1. The average molecular weight is 242 g/mol. The lowest BCUT2D eigenvalue weighted by Crippen LogP contribution is -2.22. The van der Waals surface area contributed by atoms with Crippen LogP contribution >= 0.6 is 11.6 Å². The third-order valence-corrected chi connectivity index (χ3v) is 3.71. The van der Waals surface area contributed by atoms with Gasteiger partial charge in [0.2, 0.25) is 0 Å². The zero-order valence-corrected chi connectivity index (χ0v) is 10.8. The number of aryl methyl sites for hydroxylation is 2. The molecule has 0 saturated heterocycles. The van der Waals surface area contributed by atoms with Gasteiger partial charge in [-0.25, -0.2) is 0 Å². The van der Waals surface area contributed by atoms with E-state index in [-0.39, 0.29) is 0 Å². The number of nitrogens with zero attached hydrogens (tertiary/aromatic N) is 2. The van der Waals surface area contributed by atoms with Gasteiger partial charge in [-0.05, 0) is 44.7 Å². The lowest BCUT2D eigenvalue weighted by Gasteiger charge is -2.10. The van der Waals surface area contributed by atoms with Gasteiger partial charge in [-0.2, -0.15) is 5.10 Å². The predicted octanol–water partition coefficient (Wildman–Crippen LogP) is 2.23. The Hall–Kier alpha value is -0.540. The van der Waals surface area contributed by atoms with Gasteiger partial charge >= 0.3 is 0 Å². The normalized spacial score (nSPS) is 25.2. The summed E-state index contributed by atoms with van der Waals surface area (Å²) in [7, 11) is 1.99. The fraction of sp³-hybridized carbons (Fsp3) is 0.750. The maximum atomic E-state index is 6.09. The van der Waals surface area contributed by atoms with Crippen LogP contribution in [0.15, 0.2) is 6.07 Å². The van der Waals surface area contributed by atoms with Crippen molar-refractivity contribution in [3.63, 3.8) is 0 Å². The van der Waals surface area contributed by atoms with E-state index in [1.165, 1.54) is 25.0 Å². The van der Waals surface area contributed by atoms with Gasteiger partial charge in [0.25, 0.3) is 0 Å². The van der Waals surface area contributed by atoms with Crippen molar-refractivity contribution in [2.24, 2.45) is 13.0 Å². The summed E-state index contributed by atoms with van der Waals surface area (Å²) in [4.78, 5) is 0. The largest absolute Gasteiger partial charge is 0.311 e. The van der Waals surface area contributed by atoms with Gasteiger partial charge in [-0.1, -0.05) is 0 Å². The summed E-state index contributed by atoms with van der Waals surface area (Å²) < 4.78 is 1.95. The lowest BCUT2D eigenvalue weighted by molar-refractivity contribution is 0.482. The predicted molar refractivity (Wildman–Crippen MR) is 66.6 cm³/mol. The maximum absolute atomic E-state index is 6.09. The van der Waals surface area contributed by atoms with Crippen LogP contribution < -0.4 is 5.32 Å². The maximum Gasteiger partial charge on any atom is 0.0597 e. The Morgan fingerprint density at radius 1 is 1.56 bits per heavy atom. The fourth-order valence-corrected chi connectivity index (χ4v) is 2.81. The third-order valence-electron chi connectivity index (χ3n) is 3.32. The van der Waals surface area contributed by atoms with Crippen molar-refractivity contribution in [1.82, 2.24) is 15.1 Å². The van der Waals surface area contributed by atoms with Crippen molar-refractivity contribution >= 4 is 11.6 Å². The first kappa shape index (κ1) is 11.9. The molecule has 16 heavy (non-hydrogen) atoms. The SMILES string of the molecule is Cc1cc(CNCC2CCC(Cl)C2)n(C)n1. The average Bonchev–Trinajstić information content (AvgIpc) is 2.74. The molecule has 2 atom stereocenters. The zero-order chi connectivity index (χ0) is 11.5. The highest BCUT2D eigenvalue weighted by Crippen LogP contribution is 2.28. The first-order valence-corrected chi connectivity index (χ1v) is 6.43. The van der Waals surface area contributed by atoms with E-state index >= 15 is 0 Å². The molecule has 0 amide bonds. The summed E-state index contributed by atoms with van der Waals surface area (Å²) in [6.07, 6.45) is 3.61. The Morgan fingerprint density at radius 3 is 2.94 bits per heavy atom. The van der Waals surface area contributed by atoms with Crippen LogP contribution in [0.5, 0.6) is 0 Å². The highest BCUT2D eigenvalue weighted by molar-refractivity contribution is 6.20. The molecule has 2 unspecified atom stereocenters. The van der Waals surface area contributed by atoms with Gasteiger partial charge in [-0.3, -0.25) is 4.68 Å². The van der Waals surface area contributed by atoms with Gasteiger partial charge in [0.1, 0.15) is 0 Å². The molecule has 2 rings (SSSR count). The molecule has 4 heteroatoms. The number of rotatable bonds is 4. The molecular formula is C12H20ClN3. The molecule has 0 aromatic carbocycles. The van der Waals surface area contributed by atoms with Crippen molar-refractivity contribution in [3.8, 4) is 0 Å². The molecular weight excluding hydrogens is 222 g/mol. The van der Waals surface area contributed by atoms with Crippen molar-refractivity contribution in [2.75, 3.05) is 6.54 Å². The highest BCUT2D eigenvalue weighted by atomic mass is 35.5. The quantitative estimate of drug-likeness (QED) is 0.820. The number of halogens is 1. The summed E-state index contributed by atoms with van der Waals surface area (Å²) in [6, 6.07) is 2.13. The molecule has 1 heterocycles. The number of aromatic nitrogens is 2. The van der Waals surface area contributed by atoms with E-state index in [9.17, 15) is 0 Å². The molecule has 1 aliphatic carbocycles. The van der Waals surface area contributed by atoms with Gasteiger partial charge in [0.15, 0.2) is 0 Å². The second-order valence-corrected chi connectivity index (χ2v) is 5.43. The van der Waals surface area contributed by atoms with Crippen LogP contribution in [0, 0.1) is 12.8 Å². The van der Waals surface area contributed by atoms with E-state index in [1.807, 2.05) is 18.7 Å². The second kappa shape index (κ2) is 5.19. The molecule has 1 aromatic heterocycles. The Labute approximate surface area is 102 Å². The van der Waals surface area contributed by atoms with Crippen LogP contribution in [-0.4, -0.2) is 21.7 Å². The van der Waals surface area contributed by atoms with Gasteiger partial charge in [0.05, 0.1) is 11.4 Å². The van der Waals surface area contributed by atoms with E-state index in [2.05, 4.69) is 16.5 Å². The minimum atomic E-state index is 0.408. The Kier molecular flexibility index (Phi) is 3.87. The van der Waals surface area contributed by atoms with Crippen molar-refractivity contribution in [1.29, 1.82) is 0 Å². The molecule has 1 aliphatic rings. The van der Waals surface area contributed by atoms with E-state index in [1.54, 1.807) is 0 Å². The van der Waals surface area contributed by atoms with Crippen molar-refractivity contribution < 1.29 is 0 Å². The van der Waals surface area contributed by atoms with Crippen LogP contribution in [-0.2, 0) is 13.6 Å². The molecule has 90 valence electrons. The smallest absolute Gasteiger partial charge is 0.0597 e. The molecule has 0 radical (unpaired) electrons. The highest BCUT2D eigenvalue weighted by Gasteiger charge is 2.22. The van der Waals surface area contributed by atoms with Gasteiger partial charge < -0.3 is 5.32 Å². The third kappa shape index (κ3) is 2.98. The summed E-state index contributed by atoms with van der Waals surface area (Å²) >= 11 is 6.09. The number of alkyl halides is 1. The molecule has 1 aromatic rings. The standard InChI is InChI=1S/C12H20ClN3/c1-9-5-12(16(2)15-9)8-14-7-10-3-4-11(13)6-10/h5,10-11,14H,3-4,6-8H2,1-2H3. The summed E-state index contributed by atoms with van der Waals surface area (Å²) in [5.74, 6) is 0.761. The van der Waals surface area contributed by atoms with Gasteiger partial charge in [0, 0.05) is 19.0 Å². The molecule has 0 bridgehead atoms. The first-order valence-electron chi connectivity index (χ1n) is 5.99. The van der Waals surface area contributed by atoms with Crippen LogP contribution in [0.2, 0.25) is 0 Å². The molecule has 1 fully saturated rings. The van der Waals surface area contributed by atoms with E-state index in [4.69, 9.17) is 11.6 Å². The number of hydrogen-bond donors (Lipinski definition) is 1. The van der Waals surface area contributed by atoms with Gasteiger partial charge in [-0.15, -0.1) is 11.6 Å². The van der Waals surface area contributed by atoms with Crippen LogP contribution in [0.1, 0.15) is 30.7 Å². The summed E-state index contributed by atoms with van der Waals surface area (Å²) in [6.45, 7) is 4.01. The first-order chi connectivity index (χ1) is 7.65. The van der Waals surface area contributed by atoms with E-state index in [0.717, 1.165) is 24.7 Å². The number of hydrogen-bond acceptors (Lipinski definition) is 2. The Morgan fingerprint density at radius 2 is 2.38 bits per heavy atom. The van der Waals surface area contributed by atoms with Crippen LogP contribution in [0.4, 0.5) is 0 Å². The fourth-order valence-electron chi connectivity index (χ4n) is 2.43. The summed E-state index contributed by atoms with van der Waals surface area (Å²) in [5.41, 5.74) is 2.33. The van der Waals surface area contributed by atoms with Crippen molar-refractivity contribution in [2.45, 2.75) is 38.1 Å². The van der Waals surface area contributed by atoms with Crippen molar-refractivity contribution in [3.05, 3.63) is 17.5 Å². The minimum absolute atomic E-state index is 0.408. The zero-order valence-electron chi connectivity index (χ0n) is 10.0. The van der Waals surface area contributed by atoms with E-state index in [0.29, 0.717) is 5.38 Å². The van der Waals surface area contributed by atoms with Crippen LogP contribution in [0.25, 0.3) is 0 Å². The van der Waals surface area contributed by atoms with E-state index < -0.39 is 0 Å². The molecule has 1 saturated carbocycles. The molecule has 0 spiro atoms. The van der Waals surface area contributed by atoms with Crippen LogP contribution in [0.3, 0.4) is 0 Å². The second-order valence-electron chi connectivity index (χ2n) is 4.81. The topological polar surface area (TPSA) is 29.9 Å². The monoisotopic (exact) mass is 241 g/mol. The molecule has 1 N–H and O–H groups in total. The Bertz CT molecular complexity index is 348. The molecule has 3 nitrogen and oxygen atoms in total. The summed E-state index contributed by atoms with van der Waals surface area (Å²) in [5, 5.41) is 8.24. The molecule has 0 aliphatic heterocycles.